The zero-order valence-electron chi connectivity index (χ0n) is 20.4. The van der Waals surface area contributed by atoms with Crippen molar-refractivity contribution in [3.63, 3.8) is 0 Å². The standard InChI is InChI=1S/C21H22F3N5O8S2/c1-3-35-20(33)37-7-6-36-18(32)14-10(4-5-21(22,23)24)8-38-17-13(16(31)29(14)17)27-15(30)12(28-34-2)11-9-39-19(25)26-11/h4-5,9,13,17H,3,6-8H2,1-2H3,(H2,25,26)(H,27,30)/t13?,17-/m0/s1. The number of nitrogens with zero attached hydrogens (tertiary/aromatic N) is 3. The third kappa shape index (κ3) is 7.41. The van der Waals surface area contributed by atoms with Gasteiger partial charge in [-0.25, -0.2) is 14.6 Å². The third-order valence-electron chi connectivity index (χ3n) is 4.91. The number of nitrogens with two attached hydrogens (primary N) is 1. The molecule has 0 bridgehead atoms. The first-order valence-corrected chi connectivity index (χ1v) is 12.9. The molecule has 2 amide bonds. The monoisotopic (exact) mass is 593 g/mol. The van der Waals surface area contributed by atoms with Gasteiger partial charge < -0.3 is 30.1 Å². The number of amides is 2. The van der Waals surface area contributed by atoms with E-state index in [0.29, 0.717) is 6.08 Å². The van der Waals surface area contributed by atoms with Crippen LogP contribution >= 0.6 is 23.1 Å². The predicted octanol–water partition coefficient (Wildman–Crippen LogP) is 1.56. The predicted molar refractivity (Wildman–Crippen MR) is 131 cm³/mol. The highest BCUT2D eigenvalue weighted by molar-refractivity contribution is 8.00. The summed E-state index contributed by atoms with van der Waals surface area (Å²) in [4.78, 5) is 59.6. The Morgan fingerprint density at radius 2 is 2.00 bits per heavy atom. The van der Waals surface area contributed by atoms with Crippen LogP contribution in [0.3, 0.4) is 0 Å². The van der Waals surface area contributed by atoms with Crippen molar-refractivity contribution >= 4 is 57.9 Å². The first-order valence-electron chi connectivity index (χ1n) is 11.0. The van der Waals surface area contributed by atoms with Gasteiger partial charge in [0.1, 0.15) is 43.1 Å². The van der Waals surface area contributed by atoms with Crippen LogP contribution in [0.15, 0.2) is 34.0 Å². The molecule has 1 unspecified atom stereocenters. The fourth-order valence-electron chi connectivity index (χ4n) is 3.34. The largest absolute Gasteiger partial charge is 0.508 e. The maximum atomic E-state index is 13.0. The zero-order valence-corrected chi connectivity index (χ0v) is 22.0. The summed E-state index contributed by atoms with van der Waals surface area (Å²) in [6.07, 6.45) is -5.08. The number of thioether (sulfide) groups is 1. The number of hydrogen-bond acceptors (Lipinski definition) is 13. The first kappa shape index (κ1) is 29.8. The number of ether oxygens (including phenoxy) is 3. The lowest BCUT2D eigenvalue weighted by molar-refractivity contribution is -0.153. The number of allylic oxidation sites excluding steroid dienone is 2. The Kier molecular flexibility index (Phi) is 9.79. The van der Waals surface area contributed by atoms with Gasteiger partial charge in [-0.3, -0.25) is 14.5 Å². The van der Waals surface area contributed by atoms with E-state index >= 15 is 0 Å². The number of rotatable bonds is 10. The fraction of sp³-hybridized carbons (Fsp3) is 0.429. The first-order chi connectivity index (χ1) is 18.5. The molecule has 0 aromatic carbocycles. The van der Waals surface area contributed by atoms with E-state index in [1.807, 2.05) is 0 Å². The molecule has 13 nitrogen and oxygen atoms in total. The number of carbonyl (C=O) groups is 4. The van der Waals surface area contributed by atoms with Crippen LogP contribution in [0, 0.1) is 0 Å². The lowest BCUT2D eigenvalue weighted by Crippen LogP contribution is -2.71. The van der Waals surface area contributed by atoms with Gasteiger partial charge in [0, 0.05) is 17.2 Å². The van der Waals surface area contributed by atoms with Gasteiger partial charge in [-0.1, -0.05) is 11.2 Å². The molecule has 0 radical (unpaired) electrons. The van der Waals surface area contributed by atoms with Crippen LogP contribution in [0.4, 0.5) is 23.1 Å². The maximum Gasteiger partial charge on any atom is 0.508 e. The minimum absolute atomic E-state index is 0.0604. The number of aromatic nitrogens is 1. The second-order valence-corrected chi connectivity index (χ2v) is 9.47. The van der Waals surface area contributed by atoms with Gasteiger partial charge in [0.2, 0.25) is 0 Å². The number of alkyl halides is 3. The van der Waals surface area contributed by atoms with Gasteiger partial charge in [-0.2, -0.15) is 13.2 Å². The van der Waals surface area contributed by atoms with Crippen LogP contribution in [0.5, 0.6) is 0 Å². The Labute approximate surface area is 227 Å². The van der Waals surface area contributed by atoms with E-state index in [1.54, 1.807) is 6.92 Å². The van der Waals surface area contributed by atoms with E-state index in [-0.39, 0.29) is 47.2 Å². The number of thiazole rings is 1. The van der Waals surface area contributed by atoms with Crippen molar-refractivity contribution < 1.29 is 51.4 Å². The average Bonchev–Trinajstić information content (AvgIpc) is 3.31. The Morgan fingerprint density at radius 1 is 1.28 bits per heavy atom. The van der Waals surface area contributed by atoms with Crippen molar-refractivity contribution in [3.05, 3.63) is 34.5 Å². The summed E-state index contributed by atoms with van der Waals surface area (Å²) in [6.45, 7) is 0.774. The third-order valence-corrected chi connectivity index (χ3v) is 6.89. The molecule has 1 aromatic heterocycles. The molecule has 3 rings (SSSR count). The highest BCUT2D eigenvalue weighted by Crippen LogP contribution is 2.41. The van der Waals surface area contributed by atoms with Gasteiger partial charge in [-0.15, -0.1) is 23.1 Å². The number of nitrogen functional groups attached to an aromatic ring is 1. The Balaban J connectivity index is 1.77. The molecule has 2 aliphatic heterocycles. The number of nitrogens with one attached hydrogen (secondary N) is 1. The fourth-order valence-corrected chi connectivity index (χ4v) is 5.21. The Bertz CT molecular complexity index is 1220. The highest BCUT2D eigenvalue weighted by atomic mass is 32.2. The van der Waals surface area contributed by atoms with Crippen LogP contribution in [0.2, 0.25) is 0 Å². The quantitative estimate of drug-likeness (QED) is 0.133. The molecule has 2 atom stereocenters. The van der Waals surface area contributed by atoms with Gasteiger partial charge in [0.05, 0.1) is 6.61 Å². The van der Waals surface area contributed by atoms with Gasteiger partial charge in [0.15, 0.2) is 10.8 Å². The molecule has 1 aromatic rings. The SMILES string of the molecule is CCOC(=O)OCCOC(=O)C1=C(C=CC(F)(F)F)CS[C@H]2C(NC(=O)C(=NOC)c3csc(N)n3)C(=O)N12. The molecule has 39 heavy (non-hydrogen) atoms. The highest BCUT2D eigenvalue weighted by Gasteiger charge is 2.54. The summed E-state index contributed by atoms with van der Waals surface area (Å²) in [5.41, 5.74) is 4.89. The molecule has 18 heteroatoms. The minimum Gasteiger partial charge on any atom is -0.457 e. The number of β-lactam (4-membered cyclic amide) rings is 1. The maximum absolute atomic E-state index is 13.0. The van der Waals surface area contributed by atoms with Crippen molar-refractivity contribution in [2.75, 3.05) is 38.4 Å². The van der Waals surface area contributed by atoms with E-state index in [9.17, 15) is 32.3 Å². The molecule has 1 saturated heterocycles. The van der Waals surface area contributed by atoms with Gasteiger partial charge in [-0.05, 0) is 12.5 Å². The van der Waals surface area contributed by atoms with Gasteiger partial charge >= 0.3 is 18.3 Å². The number of hydrogen-bond donors (Lipinski definition) is 2. The summed E-state index contributed by atoms with van der Waals surface area (Å²) >= 11 is 2.07. The summed E-state index contributed by atoms with van der Waals surface area (Å²) in [5.74, 6) is -2.83. The lowest BCUT2D eigenvalue weighted by Gasteiger charge is -2.49. The van der Waals surface area contributed by atoms with E-state index in [1.165, 1.54) is 12.5 Å². The van der Waals surface area contributed by atoms with Crippen molar-refractivity contribution in [1.29, 1.82) is 0 Å². The number of anilines is 1. The van der Waals surface area contributed by atoms with E-state index in [4.69, 9.17) is 15.3 Å². The summed E-state index contributed by atoms with van der Waals surface area (Å²) in [6, 6.07) is -1.15. The molecule has 2 aliphatic rings. The zero-order chi connectivity index (χ0) is 28.7. The van der Waals surface area contributed by atoms with Crippen molar-refractivity contribution in [2.45, 2.75) is 24.5 Å². The second kappa shape index (κ2) is 12.8. The summed E-state index contributed by atoms with van der Waals surface area (Å²) in [7, 11) is 1.20. The van der Waals surface area contributed by atoms with Crippen LogP contribution in [-0.4, -0.2) is 89.8 Å². The molecule has 0 saturated carbocycles. The molecule has 0 spiro atoms. The summed E-state index contributed by atoms with van der Waals surface area (Å²) in [5, 5.41) is 6.90. The van der Waals surface area contributed by atoms with E-state index in [0.717, 1.165) is 28.0 Å². The van der Waals surface area contributed by atoms with Crippen molar-refractivity contribution in [2.24, 2.45) is 5.16 Å². The molecule has 3 heterocycles. The van der Waals surface area contributed by atoms with E-state index < -0.39 is 53.8 Å². The number of fused-ring (bicyclic) bond motifs is 1. The van der Waals surface area contributed by atoms with Crippen LogP contribution < -0.4 is 11.1 Å². The lowest BCUT2D eigenvalue weighted by atomic mass is 10.0. The van der Waals surface area contributed by atoms with E-state index in [2.05, 4.69) is 24.9 Å². The molecule has 1 fully saturated rings. The summed E-state index contributed by atoms with van der Waals surface area (Å²) < 4.78 is 52.7. The second-order valence-electron chi connectivity index (χ2n) is 7.47. The van der Waals surface area contributed by atoms with Crippen molar-refractivity contribution in [1.82, 2.24) is 15.2 Å². The average molecular weight is 594 g/mol. The molecule has 3 N–H and O–H groups in total. The molecule has 0 aliphatic carbocycles. The van der Waals surface area contributed by atoms with Crippen LogP contribution in [-0.2, 0) is 33.4 Å². The minimum atomic E-state index is -4.68. The number of halogens is 3. The number of oxime groups is 1. The van der Waals surface area contributed by atoms with Crippen LogP contribution in [0.1, 0.15) is 12.6 Å². The van der Waals surface area contributed by atoms with Crippen molar-refractivity contribution in [3.8, 4) is 0 Å². The van der Waals surface area contributed by atoms with Gasteiger partial charge in [0.25, 0.3) is 11.8 Å². The molecule has 212 valence electrons. The smallest absolute Gasteiger partial charge is 0.457 e. The molecular formula is C21H22F3N5O8S2. The molecular weight excluding hydrogens is 571 g/mol. The topological polar surface area (TPSA) is 172 Å². The Hall–Kier alpha value is -3.80. The number of carbonyl (C=O) groups excluding carboxylic acids is 4. The van der Waals surface area contributed by atoms with Crippen LogP contribution in [0.25, 0.3) is 0 Å². The Morgan fingerprint density at radius 3 is 2.62 bits per heavy atom. The normalized spacial score (nSPS) is 19.4. The number of esters is 1.